The molecule has 0 bridgehead atoms. The number of para-hydroxylation sites is 1. The van der Waals surface area contributed by atoms with Crippen molar-refractivity contribution in [3.63, 3.8) is 0 Å². The van der Waals surface area contributed by atoms with Crippen LogP contribution in [0.3, 0.4) is 0 Å². The number of benzene rings is 3. The largest absolute Gasteiger partial charge is 0.490 e. The molecule has 2 atom stereocenters. The highest BCUT2D eigenvalue weighted by molar-refractivity contribution is 6.35. The second-order valence-corrected chi connectivity index (χ2v) is 10.4. The van der Waals surface area contributed by atoms with E-state index in [9.17, 15) is 0 Å². The maximum Gasteiger partial charge on any atom is 0.215 e. The summed E-state index contributed by atoms with van der Waals surface area (Å²) in [5.74, 6) is -0.252. The van der Waals surface area contributed by atoms with E-state index in [4.69, 9.17) is 37.4 Å². The molecule has 0 saturated carbocycles. The van der Waals surface area contributed by atoms with Crippen LogP contribution in [0.1, 0.15) is 16.7 Å². The zero-order valence-electron chi connectivity index (χ0n) is 21.8. The summed E-state index contributed by atoms with van der Waals surface area (Å²) in [5.41, 5.74) is 3.02. The van der Waals surface area contributed by atoms with Crippen molar-refractivity contribution < 1.29 is 14.2 Å². The van der Waals surface area contributed by atoms with Crippen LogP contribution in [0.2, 0.25) is 10.0 Å². The van der Waals surface area contributed by atoms with Crippen molar-refractivity contribution in [2.75, 3.05) is 26.8 Å². The predicted molar refractivity (Wildman–Crippen MR) is 155 cm³/mol. The lowest BCUT2D eigenvalue weighted by atomic mass is 10.1. The van der Waals surface area contributed by atoms with E-state index in [1.165, 1.54) is 5.56 Å². The lowest BCUT2D eigenvalue weighted by molar-refractivity contribution is -0.189. The number of imidazole rings is 1. The Balaban J connectivity index is 1.23. The molecule has 4 aromatic rings. The molecule has 39 heavy (non-hydrogen) atoms. The van der Waals surface area contributed by atoms with Gasteiger partial charge in [0.2, 0.25) is 5.79 Å². The van der Waals surface area contributed by atoms with Gasteiger partial charge in [-0.25, -0.2) is 4.98 Å². The number of hydrogen-bond donors (Lipinski definition) is 0. The van der Waals surface area contributed by atoms with Gasteiger partial charge >= 0.3 is 0 Å². The highest BCUT2D eigenvalue weighted by Crippen LogP contribution is 2.40. The summed E-state index contributed by atoms with van der Waals surface area (Å²) in [7, 11) is 2.10. The summed E-state index contributed by atoms with van der Waals surface area (Å²) in [6.07, 6.45) is 9.33. The van der Waals surface area contributed by atoms with Gasteiger partial charge in [-0.15, -0.1) is 0 Å². The predicted octanol–water partition coefficient (Wildman–Crippen LogP) is 6.68. The average Bonchev–Trinajstić information content (AvgIpc) is 3.59. The maximum absolute atomic E-state index is 6.59. The molecule has 2 heterocycles. The summed E-state index contributed by atoms with van der Waals surface area (Å²) < 4.78 is 21.0. The fourth-order valence-electron chi connectivity index (χ4n) is 4.62. The first-order chi connectivity index (χ1) is 19.0. The van der Waals surface area contributed by atoms with Crippen LogP contribution >= 0.6 is 23.2 Å². The summed E-state index contributed by atoms with van der Waals surface area (Å²) >= 11 is 12.7. The number of likely N-dealkylation sites (N-methyl/N-ethyl adjacent to an activating group) is 1. The fourth-order valence-corrected chi connectivity index (χ4v) is 5.17. The van der Waals surface area contributed by atoms with E-state index < -0.39 is 5.79 Å². The lowest BCUT2D eigenvalue weighted by Gasteiger charge is -2.30. The van der Waals surface area contributed by atoms with Crippen LogP contribution in [0.4, 0.5) is 0 Å². The van der Waals surface area contributed by atoms with Crippen LogP contribution in [0.25, 0.3) is 6.08 Å². The molecule has 202 valence electrons. The molecule has 0 amide bonds. The Morgan fingerprint density at radius 1 is 1.10 bits per heavy atom. The zero-order valence-corrected chi connectivity index (χ0v) is 23.3. The molecule has 5 rings (SSSR count). The third-order valence-electron chi connectivity index (χ3n) is 6.52. The van der Waals surface area contributed by atoms with Crippen LogP contribution < -0.4 is 4.74 Å². The van der Waals surface area contributed by atoms with Crippen LogP contribution in [0.5, 0.6) is 5.75 Å². The van der Waals surface area contributed by atoms with Gasteiger partial charge in [-0.1, -0.05) is 90.0 Å². The Hall–Kier alpha value is -3.13. The molecule has 0 spiro atoms. The molecule has 3 aromatic carbocycles. The van der Waals surface area contributed by atoms with Crippen LogP contribution in [0, 0.1) is 0 Å². The number of ether oxygens (including phenoxy) is 3. The summed E-state index contributed by atoms with van der Waals surface area (Å²) in [6.45, 7) is 2.66. The molecule has 8 heteroatoms. The molecule has 0 aliphatic carbocycles. The van der Waals surface area contributed by atoms with E-state index in [1.54, 1.807) is 24.7 Å². The number of aromatic nitrogens is 2. The van der Waals surface area contributed by atoms with E-state index in [1.807, 2.05) is 53.2 Å². The number of hydrogen-bond acceptors (Lipinski definition) is 5. The molecule has 2 unspecified atom stereocenters. The van der Waals surface area contributed by atoms with Gasteiger partial charge in [-0.05, 0) is 30.8 Å². The summed E-state index contributed by atoms with van der Waals surface area (Å²) in [4.78, 5) is 6.40. The molecule has 0 N–H and O–H groups in total. The minimum absolute atomic E-state index is 0.292. The third-order valence-corrected chi connectivity index (χ3v) is 7.06. The van der Waals surface area contributed by atoms with Crippen molar-refractivity contribution in [2.24, 2.45) is 0 Å². The normalized spacial score (nSPS) is 19.2. The first kappa shape index (κ1) is 27.4. The Morgan fingerprint density at radius 2 is 1.92 bits per heavy atom. The third kappa shape index (κ3) is 7.10. The van der Waals surface area contributed by atoms with E-state index in [2.05, 4.69) is 47.3 Å². The Labute approximate surface area is 239 Å². The molecule has 1 aliphatic heterocycles. The SMILES string of the molecule is CN(C/C=C/c1ccccc1)Cc1ccccc1OCC1COC(Cn2ccnc2)(c2ccc(Cl)cc2Cl)O1. The first-order valence-corrected chi connectivity index (χ1v) is 13.6. The number of rotatable bonds is 11. The summed E-state index contributed by atoms with van der Waals surface area (Å²) in [6, 6.07) is 23.7. The quantitative estimate of drug-likeness (QED) is 0.203. The lowest BCUT2D eigenvalue weighted by Crippen LogP contribution is -2.34. The van der Waals surface area contributed by atoms with Gasteiger partial charge in [-0.3, -0.25) is 4.90 Å². The van der Waals surface area contributed by atoms with Gasteiger partial charge in [0.15, 0.2) is 0 Å². The Morgan fingerprint density at radius 3 is 2.72 bits per heavy atom. The van der Waals surface area contributed by atoms with Crippen LogP contribution in [0.15, 0.2) is 97.6 Å². The van der Waals surface area contributed by atoms with Crippen molar-refractivity contribution >= 4 is 29.3 Å². The molecular formula is C31H31Cl2N3O3. The first-order valence-electron chi connectivity index (χ1n) is 12.8. The molecule has 1 fully saturated rings. The second-order valence-electron chi connectivity index (χ2n) is 9.59. The Kier molecular flexibility index (Phi) is 9.02. The molecule has 0 radical (unpaired) electrons. The van der Waals surface area contributed by atoms with Crippen molar-refractivity contribution in [1.29, 1.82) is 0 Å². The van der Waals surface area contributed by atoms with Gasteiger partial charge in [0.1, 0.15) is 18.5 Å². The van der Waals surface area contributed by atoms with Crippen LogP contribution in [-0.4, -0.2) is 47.4 Å². The highest BCUT2D eigenvalue weighted by Gasteiger charge is 2.45. The minimum Gasteiger partial charge on any atom is -0.490 e. The van der Waals surface area contributed by atoms with Gasteiger partial charge in [-0.2, -0.15) is 0 Å². The number of nitrogens with zero attached hydrogens (tertiary/aromatic N) is 3. The molecule has 1 aromatic heterocycles. The minimum atomic E-state index is -1.08. The second kappa shape index (κ2) is 12.8. The van der Waals surface area contributed by atoms with E-state index in [0.717, 1.165) is 30.0 Å². The zero-order chi connectivity index (χ0) is 27.1. The smallest absolute Gasteiger partial charge is 0.215 e. The fraction of sp³-hybridized carbons (Fsp3) is 0.258. The molecule has 6 nitrogen and oxygen atoms in total. The van der Waals surface area contributed by atoms with E-state index >= 15 is 0 Å². The van der Waals surface area contributed by atoms with Crippen molar-refractivity contribution in [2.45, 2.75) is 25.0 Å². The van der Waals surface area contributed by atoms with E-state index in [0.29, 0.717) is 29.8 Å². The van der Waals surface area contributed by atoms with Crippen molar-refractivity contribution in [1.82, 2.24) is 14.5 Å². The van der Waals surface area contributed by atoms with Crippen molar-refractivity contribution in [3.05, 3.63) is 124 Å². The monoisotopic (exact) mass is 563 g/mol. The van der Waals surface area contributed by atoms with Gasteiger partial charge in [0.05, 0.1) is 24.5 Å². The molecule has 1 saturated heterocycles. The van der Waals surface area contributed by atoms with Gasteiger partial charge < -0.3 is 18.8 Å². The van der Waals surface area contributed by atoms with Gasteiger partial charge in [0, 0.05) is 41.6 Å². The van der Waals surface area contributed by atoms with Crippen molar-refractivity contribution in [3.8, 4) is 5.75 Å². The number of halogens is 2. The molecule has 1 aliphatic rings. The standard InChI is InChI=1S/C31H31Cl2N3O3/c1-35(16-7-10-24-8-3-2-4-9-24)19-25-11-5-6-12-30(25)37-20-27-21-38-31(39-27,22-36-17-15-34-23-36)28-14-13-26(32)18-29(28)33/h2-15,17-18,23,27H,16,19-22H2,1H3/b10-7+. The van der Waals surface area contributed by atoms with Gasteiger partial charge in [0.25, 0.3) is 0 Å². The summed E-state index contributed by atoms with van der Waals surface area (Å²) in [5, 5.41) is 1.04. The average molecular weight is 565 g/mol. The van der Waals surface area contributed by atoms with Crippen LogP contribution in [-0.2, 0) is 28.4 Å². The van der Waals surface area contributed by atoms with E-state index in [-0.39, 0.29) is 6.10 Å². The molecular weight excluding hydrogens is 533 g/mol. The topological polar surface area (TPSA) is 48.8 Å². The maximum atomic E-state index is 6.59. The highest BCUT2D eigenvalue weighted by atomic mass is 35.5. The Bertz CT molecular complexity index is 1380.